The van der Waals surface area contributed by atoms with Crippen molar-refractivity contribution in [3.05, 3.63) is 0 Å². The second kappa shape index (κ2) is 5.59. The number of halogens is 1. The molecule has 3 heteroatoms. The molecule has 2 nitrogen and oxygen atoms in total. The number of fused-ring (bicyclic) bond motifs is 7. The maximum Gasteiger partial charge on any atom is 0.147 e. The fraction of sp³-hybridized carbons (Fsp3) is 0.957. The Morgan fingerprint density at radius 1 is 0.962 bits per heavy atom. The lowest BCUT2D eigenvalue weighted by molar-refractivity contribution is -0.135. The molecule has 0 bridgehead atoms. The van der Waals surface area contributed by atoms with Gasteiger partial charge in [-0.3, -0.25) is 4.79 Å². The van der Waals surface area contributed by atoms with Crippen molar-refractivity contribution in [3.8, 4) is 0 Å². The Labute approximate surface area is 167 Å². The van der Waals surface area contributed by atoms with Gasteiger partial charge in [0, 0.05) is 5.92 Å². The summed E-state index contributed by atoms with van der Waals surface area (Å²) in [6, 6.07) is 0. The second-order valence-electron chi connectivity index (χ2n) is 11.5. The van der Waals surface area contributed by atoms with E-state index in [0.717, 1.165) is 42.4 Å². The Morgan fingerprint density at radius 3 is 2.42 bits per heavy atom. The molecule has 0 aromatic heterocycles. The molecule has 0 spiro atoms. The van der Waals surface area contributed by atoms with Gasteiger partial charge in [-0.25, -0.2) is 0 Å². The van der Waals surface area contributed by atoms with Gasteiger partial charge in [-0.1, -0.05) is 29.8 Å². The molecule has 5 aliphatic carbocycles. The van der Waals surface area contributed by atoms with E-state index >= 15 is 0 Å². The SMILES string of the molecule is C[C@@]1(O)CC[C@H]2[C@H](CC[C@@H]3[C@@H]2CC[C@@]2(C)[C@H]3[C@]3(C)C[C@@H]3[C@@H]2C(=O)CBr)C1. The minimum absolute atomic E-state index is 0.247. The summed E-state index contributed by atoms with van der Waals surface area (Å²) < 4.78 is 0. The average Bonchev–Trinajstić information content (AvgIpc) is 3.18. The zero-order chi connectivity index (χ0) is 18.5. The summed E-state index contributed by atoms with van der Waals surface area (Å²) in [5.41, 5.74) is 0.260. The molecule has 5 rings (SSSR count). The summed E-state index contributed by atoms with van der Waals surface area (Å²) in [5, 5.41) is 11.1. The van der Waals surface area contributed by atoms with Gasteiger partial charge in [-0.05, 0) is 105 Å². The van der Waals surface area contributed by atoms with Crippen molar-refractivity contribution in [1.29, 1.82) is 0 Å². The highest BCUT2D eigenvalue weighted by molar-refractivity contribution is 9.09. The van der Waals surface area contributed by atoms with E-state index in [1.165, 1.54) is 38.5 Å². The largest absolute Gasteiger partial charge is 0.390 e. The molecule has 5 fully saturated rings. The van der Waals surface area contributed by atoms with E-state index in [4.69, 9.17) is 0 Å². The standard InChI is InChI=1S/C23H35BrO2/c1-21(26)8-6-14-13(10-21)4-5-16-15(14)7-9-22(2)19(18(25)12-24)17-11-23(17,3)20(16)22/h13-17,19-20,26H,4-12H2,1-3H3/t13-,14+,15-,16-,17-,19-,20+,21-,22-,23-/m1/s1. The van der Waals surface area contributed by atoms with Gasteiger partial charge >= 0.3 is 0 Å². The van der Waals surface area contributed by atoms with Gasteiger partial charge in [-0.15, -0.1) is 0 Å². The number of rotatable bonds is 2. The third kappa shape index (κ3) is 2.28. The minimum atomic E-state index is -0.425. The Morgan fingerprint density at radius 2 is 1.69 bits per heavy atom. The number of aliphatic hydroxyl groups is 1. The molecule has 0 amide bonds. The van der Waals surface area contributed by atoms with Crippen LogP contribution >= 0.6 is 15.9 Å². The second-order valence-corrected chi connectivity index (χ2v) is 12.0. The normalized spacial score (nSPS) is 60.4. The Balaban J connectivity index is 1.45. The predicted molar refractivity (Wildman–Crippen MR) is 107 cm³/mol. The van der Waals surface area contributed by atoms with Crippen molar-refractivity contribution in [2.75, 3.05) is 5.33 Å². The van der Waals surface area contributed by atoms with E-state index in [1.807, 2.05) is 0 Å². The van der Waals surface area contributed by atoms with Crippen molar-refractivity contribution in [2.45, 2.75) is 77.7 Å². The summed E-state index contributed by atoms with van der Waals surface area (Å²) >= 11 is 3.48. The molecule has 146 valence electrons. The summed E-state index contributed by atoms with van der Waals surface area (Å²) in [6.07, 6.45) is 9.78. The molecule has 0 heterocycles. The molecule has 5 aliphatic rings. The monoisotopic (exact) mass is 422 g/mol. The number of alkyl halides is 1. The third-order valence-electron chi connectivity index (χ3n) is 10.1. The zero-order valence-corrected chi connectivity index (χ0v) is 18.2. The van der Waals surface area contributed by atoms with Gasteiger partial charge in [0.1, 0.15) is 5.78 Å². The van der Waals surface area contributed by atoms with E-state index in [0.29, 0.717) is 28.4 Å². The van der Waals surface area contributed by atoms with Crippen LogP contribution in [0.1, 0.15) is 72.1 Å². The van der Waals surface area contributed by atoms with Crippen LogP contribution in [-0.2, 0) is 4.79 Å². The molecule has 0 radical (unpaired) electrons. The smallest absolute Gasteiger partial charge is 0.147 e. The molecule has 5 saturated carbocycles. The molecule has 0 aromatic rings. The molecular formula is C23H35BrO2. The Hall–Kier alpha value is 0.110. The topological polar surface area (TPSA) is 37.3 Å². The lowest BCUT2D eigenvalue weighted by Crippen LogP contribution is -2.53. The van der Waals surface area contributed by atoms with E-state index in [2.05, 4.69) is 36.7 Å². The number of carbonyl (C=O) groups is 1. The van der Waals surface area contributed by atoms with Crippen LogP contribution in [-0.4, -0.2) is 21.8 Å². The zero-order valence-electron chi connectivity index (χ0n) is 16.6. The van der Waals surface area contributed by atoms with Crippen molar-refractivity contribution in [3.63, 3.8) is 0 Å². The lowest BCUT2D eigenvalue weighted by atomic mass is 9.47. The number of hydrogen-bond donors (Lipinski definition) is 1. The highest BCUT2D eigenvalue weighted by Gasteiger charge is 2.76. The molecule has 0 aliphatic heterocycles. The number of Topliss-reactive ketones (excluding diaryl/α,β-unsaturated/α-hetero) is 1. The first-order valence-electron chi connectivity index (χ1n) is 11.0. The Kier molecular flexibility index (Phi) is 3.90. The van der Waals surface area contributed by atoms with Crippen LogP contribution in [0, 0.1) is 52.3 Å². The van der Waals surface area contributed by atoms with E-state index < -0.39 is 5.60 Å². The van der Waals surface area contributed by atoms with Crippen LogP contribution in [0.2, 0.25) is 0 Å². The number of carbonyl (C=O) groups excluding carboxylic acids is 1. The van der Waals surface area contributed by atoms with E-state index in [9.17, 15) is 9.90 Å². The highest BCUT2D eigenvalue weighted by atomic mass is 79.9. The van der Waals surface area contributed by atoms with Crippen LogP contribution in [0.25, 0.3) is 0 Å². The summed E-state index contributed by atoms with van der Waals surface area (Å²) in [4.78, 5) is 12.8. The number of hydrogen-bond acceptors (Lipinski definition) is 2. The first-order valence-corrected chi connectivity index (χ1v) is 12.1. The van der Waals surface area contributed by atoms with Gasteiger partial charge in [0.15, 0.2) is 0 Å². The van der Waals surface area contributed by atoms with Crippen LogP contribution in [0.5, 0.6) is 0 Å². The summed E-state index contributed by atoms with van der Waals surface area (Å²) in [5.74, 6) is 5.48. The Bertz CT molecular complexity index is 630. The molecule has 0 saturated heterocycles. The first-order chi connectivity index (χ1) is 12.2. The lowest BCUT2D eigenvalue weighted by Gasteiger charge is -2.58. The van der Waals surface area contributed by atoms with Gasteiger partial charge in [-0.2, -0.15) is 0 Å². The first kappa shape index (κ1) is 18.2. The van der Waals surface area contributed by atoms with Gasteiger partial charge in [0.05, 0.1) is 10.9 Å². The summed E-state index contributed by atoms with van der Waals surface area (Å²) in [7, 11) is 0. The minimum Gasteiger partial charge on any atom is -0.390 e. The van der Waals surface area contributed by atoms with Crippen molar-refractivity contribution in [1.82, 2.24) is 0 Å². The number of ketones is 1. The quantitative estimate of drug-likeness (QED) is 0.619. The molecule has 1 N–H and O–H groups in total. The van der Waals surface area contributed by atoms with Crippen molar-refractivity contribution < 1.29 is 9.90 Å². The van der Waals surface area contributed by atoms with Crippen LogP contribution in [0.4, 0.5) is 0 Å². The van der Waals surface area contributed by atoms with E-state index in [-0.39, 0.29) is 5.41 Å². The van der Waals surface area contributed by atoms with Crippen LogP contribution in [0.3, 0.4) is 0 Å². The van der Waals surface area contributed by atoms with E-state index in [1.54, 1.807) is 0 Å². The van der Waals surface area contributed by atoms with Crippen LogP contribution in [0.15, 0.2) is 0 Å². The highest BCUT2D eigenvalue weighted by Crippen LogP contribution is 2.80. The molecule has 0 unspecified atom stereocenters. The van der Waals surface area contributed by atoms with Gasteiger partial charge < -0.3 is 5.11 Å². The maximum atomic E-state index is 12.8. The fourth-order valence-electron chi connectivity index (χ4n) is 9.31. The van der Waals surface area contributed by atoms with Crippen molar-refractivity contribution in [2.24, 2.45) is 52.3 Å². The third-order valence-corrected chi connectivity index (χ3v) is 10.7. The molecule has 10 atom stereocenters. The predicted octanol–water partition coefficient (Wildman–Crippen LogP) is 5.22. The molecular weight excluding hydrogens is 388 g/mol. The van der Waals surface area contributed by atoms with Crippen molar-refractivity contribution >= 4 is 21.7 Å². The summed E-state index contributed by atoms with van der Waals surface area (Å²) in [6.45, 7) is 7.05. The molecule has 26 heavy (non-hydrogen) atoms. The average molecular weight is 423 g/mol. The van der Waals surface area contributed by atoms with Crippen LogP contribution < -0.4 is 0 Å². The van der Waals surface area contributed by atoms with Gasteiger partial charge in [0.2, 0.25) is 0 Å². The van der Waals surface area contributed by atoms with Gasteiger partial charge in [0.25, 0.3) is 0 Å². The molecule has 0 aromatic carbocycles. The fourth-order valence-corrected chi connectivity index (χ4v) is 9.66. The maximum absolute atomic E-state index is 12.8.